The van der Waals surface area contributed by atoms with Crippen molar-refractivity contribution in [3.63, 3.8) is 0 Å². The number of carbonyl (C=O) groups is 1. The van der Waals surface area contributed by atoms with Crippen LogP contribution in [0.2, 0.25) is 5.02 Å². The monoisotopic (exact) mass is 306 g/mol. The first-order valence-corrected chi connectivity index (χ1v) is 7.11. The summed E-state index contributed by atoms with van der Waals surface area (Å²) in [4.78, 5) is 11.3. The highest BCUT2D eigenvalue weighted by Crippen LogP contribution is 2.36. The predicted octanol–water partition coefficient (Wildman–Crippen LogP) is 3.44. The molecule has 2 N–H and O–H groups in total. The Bertz CT molecular complexity index is 682. The van der Waals surface area contributed by atoms with E-state index >= 15 is 0 Å². The summed E-state index contributed by atoms with van der Waals surface area (Å²) in [5.74, 6) is 2.22. The molecule has 0 spiro atoms. The molecule has 1 aromatic heterocycles. The van der Waals surface area contributed by atoms with Crippen molar-refractivity contribution in [3.05, 3.63) is 40.8 Å². The number of rotatable bonds is 4. The van der Waals surface area contributed by atoms with Gasteiger partial charge in [0.2, 0.25) is 0 Å². The number of aryl methyl sites for hydroxylation is 1. The van der Waals surface area contributed by atoms with E-state index in [9.17, 15) is 4.79 Å². The molecular weight excluding hydrogens is 292 g/mol. The number of benzene rings is 1. The highest BCUT2D eigenvalue weighted by Gasteiger charge is 2.18. The minimum Gasteiger partial charge on any atom is -0.482 e. The van der Waals surface area contributed by atoms with Crippen molar-refractivity contribution >= 4 is 28.9 Å². The first-order chi connectivity index (χ1) is 10.2. The molecule has 0 saturated carbocycles. The smallest absolute Gasteiger partial charge is 0.262 e. The van der Waals surface area contributed by atoms with Crippen LogP contribution in [0.25, 0.3) is 0 Å². The number of fused-ring (bicyclic) bond motifs is 1. The number of ether oxygens (including phenoxy) is 1. The Balaban J connectivity index is 1.75. The molecule has 3 rings (SSSR count). The zero-order chi connectivity index (χ0) is 14.8. The summed E-state index contributed by atoms with van der Waals surface area (Å²) in [6, 6.07) is 7.36. The van der Waals surface area contributed by atoms with Crippen LogP contribution >= 0.6 is 11.6 Å². The lowest BCUT2D eigenvalue weighted by Gasteiger charge is -2.19. The van der Waals surface area contributed by atoms with Gasteiger partial charge in [-0.05, 0) is 18.2 Å². The maximum atomic E-state index is 11.3. The fraction of sp³-hybridized carbons (Fsp3) is 0.267. The van der Waals surface area contributed by atoms with Crippen LogP contribution in [-0.4, -0.2) is 12.5 Å². The number of nitrogens with one attached hydrogen (secondary N) is 2. The van der Waals surface area contributed by atoms with E-state index in [1.807, 2.05) is 19.1 Å². The van der Waals surface area contributed by atoms with Crippen molar-refractivity contribution in [1.82, 2.24) is 0 Å². The van der Waals surface area contributed by atoms with Gasteiger partial charge in [-0.25, -0.2) is 0 Å². The van der Waals surface area contributed by atoms with Gasteiger partial charge < -0.3 is 19.8 Å². The van der Waals surface area contributed by atoms with Gasteiger partial charge >= 0.3 is 0 Å². The van der Waals surface area contributed by atoms with Crippen LogP contribution in [-0.2, 0) is 17.8 Å². The number of halogens is 1. The molecule has 1 aliphatic rings. The van der Waals surface area contributed by atoms with Crippen molar-refractivity contribution in [2.75, 3.05) is 17.2 Å². The molecule has 0 saturated heterocycles. The van der Waals surface area contributed by atoms with Gasteiger partial charge in [-0.3, -0.25) is 4.79 Å². The van der Waals surface area contributed by atoms with Crippen molar-refractivity contribution in [1.29, 1.82) is 0 Å². The van der Waals surface area contributed by atoms with E-state index in [1.54, 1.807) is 12.1 Å². The topological polar surface area (TPSA) is 63.5 Å². The summed E-state index contributed by atoms with van der Waals surface area (Å²) in [5, 5.41) is 6.44. The number of anilines is 2. The van der Waals surface area contributed by atoms with Crippen LogP contribution in [0.5, 0.6) is 5.75 Å². The third kappa shape index (κ3) is 2.97. The maximum absolute atomic E-state index is 11.3. The van der Waals surface area contributed by atoms with Crippen LogP contribution < -0.4 is 15.4 Å². The van der Waals surface area contributed by atoms with E-state index in [4.69, 9.17) is 20.8 Å². The van der Waals surface area contributed by atoms with E-state index in [0.29, 0.717) is 23.0 Å². The SMILES string of the molecule is CCc1ccc(CNc2cc3c(cc2Cl)NC(=O)CO3)o1. The second kappa shape index (κ2) is 5.69. The zero-order valence-corrected chi connectivity index (χ0v) is 12.3. The Morgan fingerprint density at radius 1 is 1.33 bits per heavy atom. The van der Waals surface area contributed by atoms with E-state index in [2.05, 4.69) is 10.6 Å². The summed E-state index contributed by atoms with van der Waals surface area (Å²) in [6.07, 6.45) is 0.868. The van der Waals surface area contributed by atoms with Crippen LogP contribution in [0.1, 0.15) is 18.4 Å². The second-order valence-corrected chi connectivity index (χ2v) is 5.15. The Labute approximate surface area is 127 Å². The third-order valence-corrected chi connectivity index (χ3v) is 3.53. The van der Waals surface area contributed by atoms with Gasteiger partial charge in [-0.1, -0.05) is 18.5 Å². The van der Waals surface area contributed by atoms with Crippen LogP contribution in [0, 0.1) is 0 Å². The van der Waals surface area contributed by atoms with E-state index in [-0.39, 0.29) is 12.5 Å². The van der Waals surface area contributed by atoms with Crippen molar-refractivity contribution in [3.8, 4) is 5.75 Å². The lowest BCUT2D eigenvalue weighted by atomic mass is 10.2. The first-order valence-electron chi connectivity index (χ1n) is 6.73. The third-order valence-electron chi connectivity index (χ3n) is 3.22. The molecule has 0 bridgehead atoms. The second-order valence-electron chi connectivity index (χ2n) is 4.74. The van der Waals surface area contributed by atoms with Crippen LogP contribution in [0.15, 0.2) is 28.7 Å². The average molecular weight is 307 g/mol. The summed E-state index contributed by atoms with van der Waals surface area (Å²) in [5.41, 5.74) is 1.33. The van der Waals surface area contributed by atoms with Gasteiger partial charge in [0, 0.05) is 12.5 Å². The molecule has 0 radical (unpaired) electrons. The van der Waals surface area contributed by atoms with E-state index in [1.165, 1.54) is 0 Å². The number of hydrogen-bond acceptors (Lipinski definition) is 4. The van der Waals surface area contributed by atoms with Gasteiger partial charge in [0.25, 0.3) is 5.91 Å². The molecule has 5 nitrogen and oxygen atoms in total. The van der Waals surface area contributed by atoms with Crippen LogP contribution in [0.3, 0.4) is 0 Å². The number of carbonyl (C=O) groups excluding carboxylic acids is 1. The molecule has 1 amide bonds. The molecule has 2 heterocycles. The van der Waals surface area contributed by atoms with E-state index < -0.39 is 0 Å². The molecule has 0 fully saturated rings. The first kappa shape index (κ1) is 13.8. The minimum absolute atomic E-state index is 0.0200. The van der Waals surface area contributed by atoms with Crippen molar-refractivity contribution in [2.24, 2.45) is 0 Å². The summed E-state index contributed by atoms with van der Waals surface area (Å²) in [6.45, 7) is 2.60. The van der Waals surface area contributed by atoms with Gasteiger partial charge in [-0.2, -0.15) is 0 Å². The molecule has 1 aliphatic heterocycles. The van der Waals surface area contributed by atoms with Gasteiger partial charge in [-0.15, -0.1) is 0 Å². The zero-order valence-electron chi connectivity index (χ0n) is 11.5. The quantitative estimate of drug-likeness (QED) is 0.908. The summed E-state index contributed by atoms with van der Waals surface area (Å²) >= 11 is 6.21. The molecule has 21 heavy (non-hydrogen) atoms. The molecule has 2 aromatic rings. The normalized spacial score (nSPS) is 13.3. The van der Waals surface area contributed by atoms with Crippen molar-refractivity contribution in [2.45, 2.75) is 19.9 Å². The highest BCUT2D eigenvalue weighted by atomic mass is 35.5. The average Bonchev–Trinajstić information content (AvgIpc) is 2.93. The predicted molar refractivity (Wildman–Crippen MR) is 81.0 cm³/mol. The molecular formula is C15H15ClN2O3. The molecule has 110 valence electrons. The minimum atomic E-state index is -0.179. The Kier molecular flexibility index (Phi) is 3.75. The van der Waals surface area contributed by atoms with Gasteiger partial charge in [0.15, 0.2) is 6.61 Å². The Morgan fingerprint density at radius 2 is 2.14 bits per heavy atom. The van der Waals surface area contributed by atoms with Gasteiger partial charge in [0.1, 0.15) is 17.3 Å². The van der Waals surface area contributed by atoms with Gasteiger partial charge in [0.05, 0.1) is 22.9 Å². The fourth-order valence-electron chi connectivity index (χ4n) is 2.13. The van der Waals surface area contributed by atoms with Crippen molar-refractivity contribution < 1.29 is 13.9 Å². The standard InChI is InChI=1S/C15H15ClN2O3/c1-2-9-3-4-10(21-9)7-17-12-6-14-13(5-11(12)16)18-15(19)8-20-14/h3-6,17H,2,7-8H2,1H3,(H,18,19). The number of hydrogen-bond donors (Lipinski definition) is 2. The number of furan rings is 1. The number of amides is 1. The molecule has 0 unspecified atom stereocenters. The van der Waals surface area contributed by atoms with Crippen LogP contribution in [0.4, 0.5) is 11.4 Å². The lowest BCUT2D eigenvalue weighted by Crippen LogP contribution is -2.25. The highest BCUT2D eigenvalue weighted by molar-refractivity contribution is 6.33. The molecule has 0 atom stereocenters. The Hall–Kier alpha value is -2.14. The Morgan fingerprint density at radius 3 is 2.90 bits per heavy atom. The summed E-state index contributed by atoms with van der Waals surface area (Å²) in [7, 11) is 0. The molecule has 1 aromatic carbocycles. The largest absolute Gasteiger partial charge is 0.482 e. The summed E-state index contributed by atoms with van der Waals surface area (Å²) < 4.78 is 11.0. The molecule has 0 aliphatic carbocycles. The fourth-order valence-corrected chi connectivity index (χ4v) is 2.36. The molecule has 6 heteroatoms. The maximum Gasteiger partial charge on any atom is 0.262 e. The van der Waals surface area contributed by atoms with E-state index in [0.717, 1.165) is 23.6 Å². The lowest BCUT2D eigenvalue weighted by molar-refractivity contribution is -0.118.